The van der Waals surface area contributed by atoms with E-state index in [0.29, 0.717) is 40.0 Å². The van der Waals surface area contributed by atoms with Gasteiger partial charge in [-0.3, -0.25) is 14.9 Å². The van der Waals surface area contributed by atoms with Crippen molar-refractivity contribution in [2.45, 2.75) is 13.0 Å². The lowest BCUT2D eigenvalue weighted by molar-refractivity contribution is -0.384. The van der Waals surface area contributed by atoms with Gasteiger partial charge in [0, 0.05) is 27.9 Å². The second kappa shape index (κ2) is 9.86. The number of hydrogen-bond acceptors (Lipinski definition) is 7. The van der Waals surface area contributed by atoms with Gasteiger partial charge in [0.15, 0.2) is 5.82 Å². The first-order valence-electron chi connectivity index (χ1n) is 11.2. The number of ether oxygens (including phenoxy) is 1. The van der Waals surface area contributed by atoms with Crippen molar-refractivity contribution in [2.24, 2.45) is 0 Å². The van der Waals surface area contributed by atoms with E-state index in [2.05, 4.69) is 36.6 Å². The number of hydrogen-bond donors (Lipinski definition) is 2. The van der Waals surface area contributed by atoms with Crippen LogP contribution in [0.4, 0.5) is 17.3 Å². The van der Waals surface area contributed by atoms with Crippen molar-refractivity contribution >= 4 is 39.2 Å². The zero-order valence-electron chi connectivity index (χ0n) is 19.8. The Balaban J connectivity index is 1.60. The molecule has 11 heteroatoms. The van der Waals surface area contributed by atoms with Crippen LogP contribution >= 0.6 is 15.9 Å². The predicted molar refractivity (Wildman–Crippen MR) is 142 cm³/mol. The van der Waals surface area contributed by atoms with Crippen LogP contribution in [-0.4, -0.2) is 32.7 Å². The molecule has 1 aliphatic heterocycles. The lowest BCUT2D eigenvalue weighted by Crippen LogP contribution is -2.31. The molecule has 0 spiro atoms. The van der Waals surface area contributed by atoms with E-state index >= 15 is 0 Å². The summed E-state index contributed by atoms with van der Waals surface area (Å²) in [6.07, 6.45) is 0. The zero-order valence-corrected chi connectivity index (χ0v) is 21.4. The lowest BCUT2D eigenvalue weighted by Gasteiger charge is -2.29. The molecule has 2 heterocycles. The summed E-state index contributed by atoms with van der Waals surface area (Å²) in [5, 5.41) is 22.1. The Morgan fingerprint density at radius 2 is 1.89 bits per heavy atom. The number of carbonyl (C=O) groups is 1. The Bertz CT molecular complexity index is 1550. The van der Waals surface area contributed by atoms with Crippen molar-refractivity contribution in [3.05, 3.63) is 104 Å². The van der Waals surface area contributed by atoms with Crippen LogP contribution in [0, 0.1) is 10.1 Å². The van der Waals surface area contributed by atoms with Gasteiger partial charge in [-0.15, -0.1) is 5.10 Å². The van der Waals surface area contributed by atoms with Gasteiger partial charge in [0.2, 0.25) is 5.95 Å². The van der Waals surface area contributed by atoms with Gasteiger partial charge in [0.1, 0.15) is 11.8 Å². The number of benzene rings is 3. The van der Waals surface area contributed by atoms with E-state index in [1.807, 2.05) is 36.4 Å². The summed E-state index contributed by atoms with van der Waals surface area (Å²) in [5.74, 6) is 0.918. The first-order chi connectivity index (χ1) is 17.9. The summed E-state index contributed by atoms with van der Waals surface area (Å²) in [5.41, 5.74) is 2.82. The lowest BCUT2D eigenvalue weighted by atomic mass is 9.95. The molecule has 186 valence electrons. The SMILES string of the molecule is COc1ccccc1NC(=O)C1=C(C)Nc2nc(-c3cccc([N+](=O)[O-])c3)nn2C1c1ccc(Br)cc1. The van der Waals surface area contributed by atoms with E-state index in [4.69, 9.17) is 4.74 Å². The van der Waals surface area contributed by atoms with Crippen molar-refractivity contribution in [1.82, 2.24) is 14.8 Å². The third-order valence-corrected chi connectivity index (χ3v) is 6.48. The highest BCUT2D eigenvalue weighted by molar-refractivity contribution is 9.10. The molecule has 1 unspecified atom stereocenters. The molecule has 5 rings (SSSR count). The van der Waals surface area contributed by atoms with Crippen LogP contribution in [0.3, 0.4) is 0 Å². The molecule has 37 heavy (non-hydrogen) atoms. The van der Waals surface area contributed by atoms with E-state index in [0.717, 1.165) is 10.0 Å². The molecule has 3 aromatic carbocycles. The van der Waals surface area contributed by atoms with Gasteiger partial charge in [-0.2, -0.15) is 4.98 Å². The second-order valence-electron chi connectivity index (χ2n) is 8.28. The maximum Gasteiger partial charge on any atom is 0.270 e. The average Bonchev–Trinajstić information content (AvgIpc) is 3.32. The Hall–Kier alpha value is -4.51. The van der Waals surface area contributed by atoms with E-state index in [-0.39, 0.29) is 11.6 Å². The normalized spacial score (nSPS) is 14.5. The highest BCUT2D eigenvalue weighted by Gasteiger charge is 2.35. The monoisotopic (exact) mass is 560 g/mol. The fraction of sp³-hybridized carbons (Fsp3) is 0.115. The third-order valence-electron chi connectivity index (χ3n) is 5.95. The van der Waals surface area contributed by atoms with Crippen molar-refractivity contribution in [1.29, 1.82) is 0 Å². The number of halogens is 1. The van der Waals surface area contributed by atoms with E-state index in [1.54, 1.807) is 43.0 Å². The third kappa shape index (κ3) is 4.68. The predicted octanol–water partition coefficient (Wildman–Crippen LogP) is 5.55. The first-order valence-corrected chi connectivity index (χ1v) is 12.0. The minimum atomic E-state index is -0.612. The molecule has 1 aliphatic rings. The average molecular weight is 561 g/mol. The van der Waals surface area contributed by atoms with Crippen LogP contribution in [0.2, 0.25) is 0 Å². The molecule has 4 aromatic rings. The Morgan fingerprint density at radius 1 is 1.14 bits per heavy atom. The van der Waals surface area contributed by atoms with Crippen molar-refractivity contribution in [3.8, 4) is 17.1 Å². The summed E-state index contributed by atoms with van der Waals surface area (Å²) < 4.78 is 7.91. The summed E-state index contributed by atoms with van der Waals surface area (Å²) in [4.78, 5) is 29.1. The van der Waals surface area contributed by atoms with E-state index < -0.39 is 11.0 Å². The number of nitro benzene ring substituents is 1. The molecule has 0 bridgehead atoms. The molecular weight excluding hydrogens is 540 g/mol. The minimum absolute atomic E-state index is 0.0612. The van der Waals surface area contributed by atoms with Crippen LogP contribution in [0.1, 0.15) is 18.5 Å². The number of para-hydroxylation sites is 2. The number of methoxy groups -OCH3 is 1. The number of rotatable bonds is 6. The van der Waals surface area contributed by atoms with Gasteiger partial charge >= 0.3 is 0 Å². The molecule has 1 amide bonds. The Morgan fingerprint density at radius 3 is 2.62 bits per heavy atom. The van der Waals surface area contributed by atoms with Gasteiger partial charge in [0.05, 0.1) is 23.3 Å². The number of non-ortho nitro benzene ring substituents is 1. The summed E-state index contributed by atoms with van der Waals surface area (Å²) >= 11 is 3.46. The van der Waals surface area contributed by atoms with Crippen molar-refractivity contribution in [2.75, 3.05) is 17.7 Å². The number of anilines is 2. The molecule has 0 saturated carbocycles. The van der Waals surface area contributed by atoms with Gasteiger partial charge < -0.3 is 15.4 Å². The van der Waals surface area contributed by atoms with E-state index in [9.17, 15) is 14.9 Å². The molecule has 0 fully saturated rings. The summed E-state index contributed by atoms with van der Waals surface area (Å²) in [7, 11) is 1.54. The molecule has 10 nitrogen and oxygen atoms in total. The molecule has 1 atom stereocenters. The molecule has 0 saturated heterocycles. The maximum absolute atomic E-state index is 13.7. The number of aromatic nitrogens is 3. The number of carbonyl (C=O) groups excluding carboxylic acids is 1. The minimum Gasteiger partial charge on any atom is -0.495 e. The van der Waals surface area contributed by atoms with E-state index in [1.165, 1.54) is 12.1 Å². The van der Waals surface area contributed by atoms with Gasteiger partial charge in [-0.05, 0) is 36.8 Å². The Labute approximate surface area is 220 Å². The fourth-order valence-corrected chi connectivity index (χ4v) is 4.48. The number of nitrogens with zero attached hydrogens (tertiary/aromatic N) is 4. The standard InChI is InChI=1S/C26H21BrN6O4/c1-15-22(25(34)29-20-8-3-4-9-21(20)37-2)23(16-10-12-18(27)13-11-16)32-26(28-15)30-24(31-32)17-6-5-7-19(14-17)33(35)36/h3-14,23H,1-2H3,(H,29,34)(H,28,30,31). The molecular formula is C26H21BrN6O4. The van der Waals surface area contributed by atoms with Crippen LogP contribution < -0.4 is 15.4 Å². The number of fused-ring (bicyclic) bond motifs is 1. The number of amides is 1. The van der Waals surface area contributed by atoms with Crippen molar-refractivity contribution in [3.63, 3.8) is 0 Å². The molecule has 2 N–H and O–H groups in total. The molecule has 0 aliphatic carbocycles. The highest BCUT2D eigenvalue weighted by Crippen LogP contribution is 2.38. The zero-order chi connectivity index (χ0) is 26.1. The first kappa shape index (κ1) is 24.2. The van der Waals surface area contributed by atoms with Gasteiger partial charge in [-0.1, -0.05) is 52.3 Å². The molecule has 1 aromatic heterocycles. The Kier molecular flexibility index (Phi) is 6.45. The highest BCUT2D eigenvalue weighted by atomic mass is 79.9. The molecule has 0 radical (unpaired) electrons. The number of nitro groups is 1. The topological polar surface area (TPSA) is 124 Å². The van der Waals surface area contributed by atoms with Gasteiger partial charge in [0.25, 0.3) is 11.6 Å². The van der Waals surface area contributed by atoms with Crippen LogP contribution in [0.15, 0.2) is 88.5 Å². The van der Waals surface area contributed by atoms with Crippen molar-refractivity contribution < 1.29 is 14.5 Å². The summed E-state index contributed by atoms with van der Waals surface area (Å²) in [6, 6.07) is 20.3. The van der Waals surface area contributed by atoms with Gasteiger partial charge in [-0.25, -0.2) is 4.68 Å². The quantitative estimate of drug-likeness (QED) is 0.234. The smallest absolute Gasteiger partial charge is 0.270 e. The summed E-state index contributed by atoms with van der Waals surface area (Å²) in [6.45, 7) is 1.80. The fourth-order valence-electron chi connectivity index (χ4n) is 4.22. The largest absolute Gasteiger partial charge is 0.495 e. The van der Waals surface area contributed by atoms with Crippen LogP contribution in [0.25, 0.3) is 11.4 Å². The maximum atomic E-state index is 13.7. The van der Waals surface area contributed by atoms with Crippen LogP contribution in [0.5, 0.6) is 5.75 Å². The van der Waals surface area contributed by atoms with Crippen LogP contribution in [-0.2, 0) is 4.79 Å². The number of allylic oxidation sites excluding steroid dienone is 1. The second-order valence-corrected chi connectivity index (χ2v) is 9.20. The number of nitrogens with one attached hydrogen (secondary N) is 2.